The largest absolute Gasteiger partial charge is 0.416 e. The molecule has 2 aromatic carbocycles. The van der Waals surface area contributed by atoms with E-state index >= 15 is 0 Å². The van der Waals surface area contributed by atoms with Gasteiger partial charge < -0.3 is 10.4 Å². The van der Waals surface area contributed by atoms with Crippen LogP contribution >= 0.6 is 11.6 Å². The van der Waals surface area contributed by atoms with Gasteiger partial charge in [-0.3, -0.25) is 0 Å². The number of nitrogens with one attached hydrogen (secondary N) is 1. The molecule has 2 rings (SSSR count). The minimum absolute atomic E-state index is 0.0305. The van der Waals surface area contributed by atoms with E-state index < -0.39 is 11.7 Å². The predicted octanol–water partition coefficient (Wildman–Crippen LogP) is 4.46. The molecule has 6 heteroatoms. The average Bonchev–Trinajstić information content (AvgIpc) is 2.44. The zero-order valence-electron chi connectivity index (χ0n) is 10.9. The maximum absolute atomic E-state index is 12.7. The van der Waals surface area contributed by atoms with Gasteiger partial charge in [0.2, 0.25) is 0 Å². The molecule has 2 N–H and O–H groups in total. The number of hydrogen-bond donors (Lipinski definition) is 2. The van der Waals surface area contributed by atoms with Crippen molar-refractivity contribution in [3.63, 3.8) is 0 Å². The summed E-state index contributed by atoms with van der Waals surface area (Å²) in [4.78, 5) is 0. The first kappa shape index (κ1) is 15.7. The van der Waals surface area contributed by atoms with Gasteiger partial charge in [0, 0.05) is 17.3 Å². The second-order valence-electron chi connectivity index (χ2n) is 4.55. The SMILES string of the molecule is OCc1ccc(CNc2cc(Cl)cc(C(F)(F)F)c2)cc1. The molecule has 2 aromatic rings. The topological polar surface area (TPSA) is 32.3 Å². The molecule has 0 bridgehead atoms. The Morgan fingerprint density at radius 1 is 1.00 bits per heavy atom. The molecule has 0 spiro atoms. The highest BCUT2D eigenvalue weighted by molar-refractivity contribution is 6.30. The van der Waals surface area contributed by atoms with Crippen molar-refractivity contribution in [1.29, 1.82) is 0 Å². The van der Waals surface area contributed by atoms with Crippen molar-refractivity contribution < 1.29 is 18.3 Å². The van der Waals surface area contributed by atoms with E-state index in [1.165, 1.54) is 6.07 Å². The Kier molecular flexibility index (Phi) is 4.75. The lowest BCUT2D eigenvalue weighted by Gasteiger charge is -2.12. The second kappa shape index (κ2) is 6.37. The Labute approximate surface area is 125 Å². The normalized spacial score (nSPS) is 11.5. The summed E-state index contributed by atoms with van der Waals surface area (Å²) in [5.74, 6) is 0. The van der Waals surface area contributed by atoms with Crippen LogP contribution in [-0.2, 0) is 19.3 Å². The van der Waals surface area contributed by atoms with Crippen LogP contribution in [0.4, 0.5) is 18.9 Å². The van der Waals surface area contributed by atoms with E-state index in [1.54, 1.807) is 24.3 Å². The molecule has 0 saturated heterocycles. The zero-order valence-corrected chi connectivity index (χ0v) is 11.7. The van der Waals surface area contributed by atoms with E-state index in [2.05, 4.69) is 5.32 Å². The molecule has 2 nitrogen and oxygen atoms in total. The van der Waals surface area contributed by atoms with E-state index in [9.17, 15) is 13.2 Å². The fourth-order valence-corrected chi connectivity index (χ4v) is 2.06. The van der Waals surface area contributed by atoms with Crippen LogP contribution in [0.25, 0.3) is 0 Å². The first-order valence-electron chi connectivity index (χ1n) is 6.19. The number of alkyl halides is 3. The number of aliphatic hydroxyl groups excluding tert-OH is 1. The van der Waals surface area contributed by atoms with Crippen LogP contribution < -0.4 is 5.32 Å². The Bertz CT molecular complexity index is 611. The summed E-state index contributed by atoms with van der Waals surface area (Å²) in [6.45, 7) is 0.320. The first-order chi connectivity index (χ1) is 9.88. The Morgan fingerprint density at radius 2 is 1.62 bits per heavy atom. The number of anilines is 1. The van der Waals surface area contributed by atoms with Gasteiger partial charge in [-0.15, -0.1) is 0 Å². The van der Waals surface area contributed by atoms with Crippen molar-refractivity contribution in [2.24, 2.45) is 0 Å². The van der Waals surface area contributed by atoms with E-state index in [0.29, 0.717) is 12.2 Å². The summed E-state index contributed by atoms with van der Waals surface area (Å²) in [7, 11) is 0. The number of hydrogen-bond acceptors (Lipinski definition) is 2. The highest BCUT2D eigenvalue weighted by Crippen LogP contribution is 2.33. The lowest BCUT2D eigenvalue weighted by molar-refractivity contribution is -0.137. The highest BCUT2D eigenvalue weighted by Gasteiger charge is 2.31. The van der Waals surface area contributed by atoms with Crippen molar-refractivity contribution in [3.8, 4) is 0 Å². The lowest BCUT2D eigenvalue weighted by Crippen LogP contribution is -2.07. The van der Waals surface area contributed by atoms with Gasteiger partial charge in [0.05, 0.1) is 12.2 Å². The average molecular weight is 316 g/mol. The Morgan fingerprint density at radius 3 is 2.19 bits per heavy atom. The van der Waals surface area contributed by atoms with Crippen LogP contribution in [0.2, 0.25) is 5.02 Å². The first-order valence-corrected chi connectivity index (χ1v) is 6.56. The van der Waals surface area contributed by atoms with Crippen molar-refractivity contribution in [3.05, 3.63) is 64.2 Å². The quantitative estimate of drug-likeness (QED) is 0.873. The molecule has 0 fully saturated rings. The molecular weight excluding hydrogens is 303 g/mol. The molecule has 0 aliphatic rings. The highest BCUT2D eigenvalue weighted by atomic mass is 35.5. The Balaban J connectivity index is 2.10. The molecule has 0 aliphatic heterocycles. The minimum atomic E-state index is -4.43. The molecule has 0 saturated carbocycles. The minimum Gasteiger partial charge on any atom is -0.392 e. The molecular formula is C15H13ClF3NO. The number of halogens is 4. The molecule has 0 aromatic heterocycles. The van der Waals surface area contributed by atoms with Crippen molar-refractivity contribution >= 4 is 17.3 Å². The standard InChI is InChI=1S/C15H13ClF3NO/c16-13-5-12(15(17,18)19)6-14(7-13)20-8-10-1-3-11(9-21)4-2-10/h1-7,20-21H,8-9H2. The molecule has 0 atom stereocenters. The molecule has 112 valence electrons. The summed E-state index contributed by atoms with van der Waals surface area (Å²) < 4.78 is 38.1. The third kappa shape index (κ3) is 4.37. The van der Waals surface area contributed by atoms with E-state index in [1.807, 2.05) is 0 Å². The maximum atomic E-state index is 12.7. The third-order valence-electron chi connectivity index (χ3n) is 2.93. The van der Waals surface area contributed by atoms with Crippen LogP contribution in [0, 0.1) is 0 Å². The van der Waals surface area contributed by atoms with E-state index in [-0.39, 0.29) is 11.6 Å². The van der Waals surface area contributed by atoms with Gasteiger partial charge in [-0.2, -0.15) is 13.2 Å². The number of aliphatic hydroxyl groups is 1. The number of rotatable bonds is 4. The molecule has 0 radical (unpaired) electrons. The summed E-state index contributed by atoms with van der Waals surface area (Å²) in [5, 5.41) is 11.9. The van der Waals surface area contributed by atoms with E-state index in [4.69, 9.17) is 16.7 Å². The van der Waals surface area contributed by atoms with E-state index in [0.717, 1.165) is 23.3 Å². The third-order valence-corrected chi connectivity index (χ3v) is 3.15. The van der Waals surface area contributed by atoms with Gasteiger partial charge in [0.15, 0.2) is 0 Å². The number of benzene rings is 2. The fraction of sp³-hybridized carbons (Fsp3) is 0.200. The van der Waals surface area contributed by atoms with Crippen molar-refractivity contribution in [2.45, 2.75) is 19.3 Å². The fourth-order valence-electron chi connectivity index (χ4n) is 1.82. The van der Waals surface area contributed by atoms with Crippen molar-refractivity contribution in [2.75, 3.05) is 5.32 Å². The Hall–Kier alpha value is -1.72. The summed E-state index contributed by atoms with van der Waals surface area (Å²) in [6, 6.07) is 10.5. The maximum Gasteiger partial charge on any atom is 0.416 e. The lowest BCUT2D eigenvalue weighted by atomic mass is 10.1. The molecule has 0 amide bonds. The predicted molar refractivity (Wildman–Crippen MR) is 76.1 cm³/mol. The van der Waals surface area contributed by atoms with Crippen molar-refractivity contribution in [1.82, 2.24) is 0 Å². The zero-order chi connectivity index (χ0) is 15.5. The molecule has 0 aliphatic carbocycles. The van der Waals surface area contributed by atoms with Gasteiger partial charge in [0.25, 0.3) is 0 Å². The second-order valence-corrected chi connectivity index (χ2v) is 4.99. The van der Waals surface area contributed by atoms with Crippen LogP contribution in [0.15, 0.2) is 42.5 Å². The summed E-state index contributed by atoms with van der Waals surface area (Å²) in [6.07, 6.45) is -4.43. The monoisotopic (exact) mass is 315 g/mol. The molecule has 21 heavy (non-hydrogen) atoms. The van der Waals surface area contributed by atoms with Crippen LogP contribution in [0.3, 0.4) is 0 Å². The van der Waals surface area contributed by atoms with Gasteiger partial charge in [-0.05, 0) is 29.3 Å². The van der Waals surface area contributed by atoms with Crippen LogP contribution in [0.1, 0.15) is 16.7 Å². The summed E-state index contributed by atoms with van der Waals surface area (Å²) >= 11 is 5.71. The smallest absolute Gasteiger partial charge is 0.392 e. The van der Waals surface area contributed by atoms with Crippen LogP contribution in [-0.4, -0.2) is 5.11 Å². The molecule has 0 heterocycles. The van der Waals surface area contributed by atoms with Gasteiger partial charge in [-0.25, -0.2) is 0 Å². The van der Waals surface area contributed by atoms with Gasteiger partial charge in [0.1, 0.15) is 0 Å². The van der Waals surface area contributed by atoms with Gasteiger partial charge in [-0.1, -0.05) is 35.9 Å². The van der Waals surface area contributed by atoms with Crippen LogP contribution in [0.5, 0.6) is 0 Å². The molecule has 0 unspecified atom stereocenters. The summed E-state index contributed by atoms with van der Waals surface area (Å²) in [5.41, 5.74) is 1.19. The van der Waals surface area contributed by atoms with Gasteiger partial charge >= 0.3 is 6.18 Å².